The summed E-state index contributed by atoms with van der Waals surface area (Å²) in [6, 6.07) is 11.5. The average Bonchev–Trinajstić information content (AvgIpc) is 2.95. The Morgan fingerprint density at radius 1 is 1.17 bits per heavy atom. The molecule has 0 radical (unpaired) electrons. The molecule has 2 aromatic rings. The van der Waals surface area contributed by atoms with E-state index in [4.69, 9.17) is 0 Å². The van der Waals surface area contributed by atoms with Crippen molar-refractivity contribution < 1.29 is 14.0 Å². The predicted octanol–water partition coefficient (Wildman–Crippen LogP) is 4.64. The van der Waals surface area contributed by atoms with Crippen LogP contribution in [0.5, 0.6) is 0 Å². The predicted molar refractivity (Wildman–Crippen MR) is 115 cm³/mol. The minimum atomic E-state index is -0.469. The zero-order valence-corrected chi connectivity index (χ0v) is 17.7. The number of nitrogens with one attached hydrogen (secondary N) is 1. The highest BCUT2D eigenvalue weighted by molar-refractivity contribution is 6.13. The Kier molecular flexibility index (Phi) is 4.88. The van der Waals surface area contributed by atoms with Gasteiger partial charge in [0.25, 0.3) is 5.91 Å². The second kappa shape index (κ2) is 7.27. The van der Waals surface area contributed by atoms with Gasteiger partial charge in [-0.25, -0.2) is 9.18 Å². The summed E-state index contributed by atoms with van der Waals surface area (Å²) in [7, 11) is 2.11. The molecule has 2 aliphatic heterocycles. The summed E-state index contributed by atoms with van der Waals surface area (Å²) >= 11 is 0. The standard InChI is InChI=1S/C24H26FN3O2/c1-15-13-24(2,3)27(4)21-10-7-17(11-19(15)21)12-20-22(29)28(23(30)26-20)14-16-5-8-18(25)9-6-16/h5-12,15H,13-14H2,1-4H3,(H,26,30)/b20-12-. The van der Waals surface area contributed by atoms with E-state index in [1.807, 2.05) is 6.07 Å². The van der Waals surface area contributed by atoms with Gasteiger partial charge in [0.2, 0.25) is 0 Å². The Bertz CT molecular complexity index is 1040. The van der Waals surface area contributed by atoms with Gasteiger partial charge in [-0.1, -0.05) is 25.1 Å². The topological polar surface area (TPSA) is 52.7 Å². The molecule has 156 valence electrons. The van der Waals surface area contributed by atoms with Gasteiger partial charge in [-0.05, 0) is 73.2 Å². The molecule has 4 rings (SSSR count). The fourth-order valence-electron chi connectivity index (χ4n) is 4.34. The summed E-state index contributed by atoms with van der Waals surface area (Å²) in [5.74, 6) is -0.339. The van der Waals surface area contributed by atoms with E-state index in [2.05, 4.69) is 50.2 Å². The highest BCUT2D eigenvalue weighted by Gasteiger charge is 2.35. The molecule has 6 heteroatoms. The van der Waals surface area contributed by atoms with Gasteiger partial charge in [0, 0.05) is 18.3 Å². The van der Waals surface area contributed by atoms with Gasteiger partial charge in [0.05, 0.1) is 6.54 Å². The lowest BCUT2D eigenvalue weighted by Gasteiger charge is -2.45. The molecule has 1 fully saturated rings. The minimum absolute atomic E-state index is 0.0860. The Hall–Kier alpha value is -3.15. The molecule has 0 aliphatic carbocycles. The molecular formula is C24H26FN3O2. The number of carbonyl (C=O) groups is 2. The maximum Gasteiger partial charge on any atom is 0.329 e. The monoisotopic (exact) mass is 407 g/mol. The maximum atomic E-state index is 13.1. The summed E-state index contributed by atoms with van der Waals surface area (Å²) in [5, 5.41) is 2.66. The van der Waals surface area contributed by atoms with Crippen molar-refractivity contribution in [1.82, 2.24) is 10.2 Å². The van der Waals surface area contributed by atoms with Crippen LogP contribution in [-0.2, 0) is 11.3 Å². The van der Waals surface area contributed by atoms with Gasteiger partial charge in [0.15, 0.2) is 0 Å². The molecule has 2 heterocycles. The van der Waals surface area contributed by atoms with Crippen molar-refractivity contribution in [3.8, 4) is 0 Å². The number of benzene rings is 2. The third-order valence-electron chi connectivity index (χ3n) is 6.18. The quantitative estimate of drug-likeness (QED) is 0.596. The number of urea groups is 1. The number of fused-ring (bicyclic) bond motifs is 1. The van der Waals surface area contributed by atoms with E-state index in [9.17, 15) is 14.0 Å². The van der Waals surface area contributed by atoms with E-state index in [0.29, 0.717) is 11.5 Å². The van der Waals surface area contributed by atoms with E-state index in [-0.39, 0.29) is 29.5 Å². The summed E-state index contributed by atoms with van der Waals surface area (Å²) in [6.45, 7) is 6.80. The highest BCUT2D eigenvalue weighted by atomic mass is 19.1. The van der Waals surface area contributed by atoms with Gasteiger partial charge in [-0.15, -0.1) is 0 Å². The van der Waals surface area contributed by atoms with Crippen LogP contribution < -0.4 is 10.2 Å². The molecule has 1 saturated heterocycles. The molecule has 0 bridgehead atoms. The number of imide groups is 1. The number of hydrogen-bond donors (Lipinski definition) is 1. The maximum absolute atomic E-state index is 13.1. The first-order chi connectivity index (χ1) is 14.2. The molecule has 0 aromatic heterocycles. The van der Waals surface area contributed by atoms with Crippen molar-refractivity contribution in [3.05, 3.63) is 70.7 Å². The van der Waals surface area contributed by atoms with Crippen LogP contribution in [0.3, 0.4) is 0 Å². The van der Waals surface area contributed by atoms with E-state index in [1.165, 1.54) is 23.4 Å². The van der Waals surface area contributed by atoms with Crippen LogP contribution in [-0.4, -0.2) is 29.4 Å². The lowest BCUT2D eigenvalue weighted by molar-refractivity contribution is -0.123. The third kappa shape index (κ3) is 3.58. The number of rotatable bonds is 3. The summed E-state index contributed by atoms with van der Waals surface area (Å²) in [6.07, 6.45) is 2.76. The van der Waals surface area contributed by atoms with Gasteiger partial charge in [-0.3, -0.25) is 9.69 Å². The van der Waals surface area contributed by atoms with E-state index >= 15 is 0 Å². The zero-order chi connectivity index (χ0) is 21.6. The second-order valence-corrected chi connectivity index (χ2v) is 8.80. The molecule has 1 atom stereocenters. The Balaban J connectivity index is 1.58. The fraction of sp³-hybridized carbons (Fsp3) is 0.333. The first-order valence-electron chi connectivity index (χ1n) is 10.1. The molecule has 2 aliphatic rings. The Labute approximate surface area is 176 Å². The molecule has 3 amide bonds. The van der Waals surface area contributed by atoms with Crippen LogP contribution in [0.4, 0.5) is 14.9 Å². The molecule has 2 aromatic carbocycles. The highest BCUT2D eigenvalue weighted by Crippen LogP contribution is 2.42. The number of halogens is 1. The van der Waals surface area contributed by atoms with Gasteiger partial charge >= 0.3 is 6.03 Å². The van der Waals surface area contributed by atoms with Crippen LogP contribution in [0.1, 0.15) is 49.8 Å². The number of carbonyl (C=O) groups excluding carboxylic acids is 2. The molecule has 5 nitrogen and oxygen atoms in total. The van der Waals surface area contributed by atoms with Crippen molar-refractivity contribution >= 4 is 23.7 Å². The number of nitrogens with zero attached hydrogens (tertiary/aromatic N) is 2. The molecule has 1 unspecified atom stereocenters. The fourth-order valence-corrected chi connectivity index (χ4v) is 4.34. The van der Waals surface area contributed by atoms with Gasteiger partial charge in [0.1, 0.15) is 11.5 Å². The van der Waals surface area contributed by atoms with Crippen molar-refractivity contribution in [1.29, 1.82) is 0 Å². The number of amides is 3. The summed E-state index contributed by atoms with van der Waals surface area (Å²) < 4.78 is 13.1. The van der Waals surface area contributed by atoms with Crippen LogP contribution in [0.2, 0.25) is 0 Å². The van der Waals surface area contributed by atoms with E-state index in [1.54, 1.807) is 18.2 Å². The summed E-state index contributed by atoms with van der Waals surface area (Å²) in [5.41, 5.74) is 4.34. The van der Waals surface area contributed by atoms with Crippen molar-refractivity contribution in [2.75, 3.05) is 11.9 Å². The average molecular weight is 407 g/mol. The molecule has 0 saturated carbocycles. The van der Waals surface area contributed by atoms with Crippen molar-refractivity contribution in [2.24, 2.45) is 0 Å². The lowest BCUT2D eigenvalue weighted by Crippen LogP contribution is -2.45. The smallest absolute Gasteiger partial charge is 0.329 e. The van der Waals surface area contributed by atoms with E-state index in [0.717, 1.165) is 16.9 Å². The van der Waals surface area contributed by atoms with Crippen LogP contribution in [0, 0.1) is 5.82 Å². The van der Waals surface area contributed by atoms with Crippen LogP contribution >= 0.6 is 0 Å². The molecular weight excluding hydrogens is 381 g/mol. The number of anilines is 1. The van der Waals surface area contributed by atoms with Crippen molar-refractivity contribution in [3.63, 3.8) is 0 Å². The van der Waals surface area contributed by atoms with Crippen LogP contribution in [0.25, 0.3) is 6.08 Å². The Morgan fingerprint density at radius 3 is 2.57 bits per heavy atom. The summed E-state index contributed by atoms with van der Waals surface area (Å²) in [4.78, 5) is 28.5. The largest absolute Gasteiger partial charge is 0.369 e. The lowest BCUT2D eigenvalue weighted by atomic mass is 9.80. The first kappa shape index (κ1) is 20.1. The zero-order valence-electron chi connectivity index (χ0n) is 17.7. The minimum Gasteiger partial charge on any atom is -0.369 e. The third-order valence-corrected chi connectivity index (χ3v) is 6.18. The van der Waals surface area contributed by atoms with E-state index < -0.39 is 6.03 Å². The van der Waals surface area contributed by atoms with Crippen molar-refractivity contribution in [2.45, 2.75) is 45.2 Å². The van der Waals surface area contributed by atoms with Gasteiger partial charge in [-0.2, -0.15) is 0 Å². The molecule has 30 heavy (non-hydrogen) atoms. The SMILES string of the molecule is CC1CC(C)(C)N(C)c2ccc(/C=C3\NC(=O)N(Cc4ccc(F)cc4)C3=O)cc21. The molecule has 1 N–H and O–H groups in total. The normalized spacial score (nSPS) is 21.8. The van der Waals surface area contributed by atoms with Gasteiger partial charge < -0.3 is 10.2 Å². The number of hydrogen-bond acceptors (Lipinski definition) is 3. The van der Waals surface area contributed by atoms with Crippen LogP contribution in [0.15, 0.2) is 48.2 Å². The second-order valence-electron chi connectivity index (χ2n) is 8.80. The molecule has 0 spiro atoms. The Morgan fingerprint density at radius 2 is 1.87 bits per heavy atom. The first-order valence-corrected chi connectivity index (χ1v) is 10.1.